The van der Waals surface area contributed by atoms with Crippen molar-refractivity contribution in [2.75, 3.05) is 0 Å². The highest BCUT2D eigenvalue weighted by atomic mass is 35.5. The van der Waals surface area contributed by atoms with Crippen LogP contribution in [0.25, 0.3) is 0 Å². The highest BCUT2D eigenvalue weighted by Gasteiger charge is 2.08. The van der Waals surface area contributed by atoms with Gasteiger partial charge >= 0.3 is 0 Å². The van der Waals surface area contributed by atoms with Crippen LogP contribution < -0.4 is 0 Å². The molecule has 0 fully saturated rings. The largest absolute Gasteiger partial charge is 0.207 e. The summed E-state index contributed by atoms with van der Waals surface area (Å²) >= 11 is 80.0. The predicted octanol–water partition coefficient (Wildman–Crippen LogP) is 15.8. The maximum Gasteiger partial charge on any atom is 0.144 e. The van der Waals surface area contributed by atoms with E-state index in [0.29, 0.717) is 65.8 Å². The molecular formula is C70H78Cl14F8Si10. The fourth-order valence-electron chi connectivity index (χ4n) is 8.29. The maximum atomic E-state index is 12.9. The molecule has 0 atom stereocenters. The smallest absolute Gasteiger partial charge is 0.144 e. The van der Waals surface area contributed by atoms with Crippen LogP contribution in [-0.4, -0.2) is 102 Å². The van der Waals surface area contributed by atoms with E-state index >= 15 is 0 Å². The minimum absolute atomic E-state index is 0.139. The van der Waals surface area contributed by atoms with Crippen molar-refractivity contribution in [3.8, 4) is 0 Å². The van der Waals surface area contributed by atoms with Crippen LogP contribution in [0, 0.1) is 46.5 Å². The fourth-order valence-corrected chi connectivity index (χ4v) is 19.1. The normalized spacial score (nSPS) is 10.3. The third-order valence-electron chi connectivity index (χ3n) is 14.0. The third kappa shape index (κ3) is 38.3. The van der Waals surface area contributed by atoms with Crippen LogP contribution in [-0.2, 0) is 60.4 Å². The van der Waals surface area contributed by atoms with E-state index in [-0.39, 0.29) is 56.6 Å². The van der Waals surface area contributed by atoms with Crippen LogP contribution in [0.2, 0.25) is 70.3 Å². The van der Waals surface area contributed by atoms with E-state index in [4.69, 9.17) is 162 Å². The monoisotopic (exact) mass is 1840 g/mol. The van der Waals surface area contributed by atoms with Gasteiger partial charge in [0.2, 0.25) is 0 Å². The number of halogens is 22. The summed E-state index contributed by atoms with van der Waals surface area (Å²) in [5.74, 6) is -1.78. The lowest BCUT2D eigenvalue weighted by molar-refractivity contribution is 0.616. The molecule has 0 aliphatic carbocycles. The third-order valence-corrected chi connectivity index (χ3v) is 25.9. The Balaban J connectivity index is 0.000000567. The second-order valence-electron chi connectivity index (χ2n) is 21.1. The van der Waals surface area contributed by atoms with Crippen molar-refractivity contribution in [1.29, 1.82) is 0 Å². The second kappa shape index (κ2) is 54.5. The Morgan fingerprint density at radius 1 is 0.216 bits per heavy atom. The zero-order valence-corrected chi connectivity index (χ0v) is 88.1. The van der Waals surface area contributed by atoms with Gasteiger partial charge in [-0.25, -0.2) is 35.1 Å². The van der Waals surface area contributed by atoms with Crippen LogP contribution in [0.1, 0.15) is 55.6 Å². The van der Waals surface area contributed by atoms with Gasteiger partial charge in [0.05, 0.1) is 20.1 Å². The Kier molecular flexibility index (Phi) is 52.3. The molecule has 0 aromatic heterocycles. The van der Waals surface area contributed by atoms with E-state index in [0.717, 1.165) is 213 Å². The van der Waals surface area contributed by atoms with Crippen molar-refractivity contribution in [2.24, 2.45) is 0 Å². The average molecular weight is 1850 g/mol. The lowest BCUT2D eigenvalue weighted by Gasteiger charge is -2.03. The first-order chi connectivity index (χ1) is 48.2. The van der Waals surface area contributed by atoms with Gasteiger partial charge in [-0.3, -0.25) is 0 Å². The van der Waals surface area contributed by atoms with Gasteiger partial charge in [0.1, 0.15) is 46.5 Å². The lowest BCUT2D eigenvalue weighted by Crippen LogP contribution is -1.90. The minimum atomic E-state index is -0.333. The molecule has 0 N–H and O–H groups in total. The Bertz CT molecular complexity index is 4030. The first-order valence-corrected chi connectivity index (χ1v) is 51.4. The quantitative estimate of drug-likeness (QED) is 0.0727. The summed E-state index contributed by atoms with van der Waals surface area (Å²) in [6, 6.07) is 54.0. The molecular weight excluding hydrogens is 1770 g/mol. The van der Waals surface area contributed by atoms with E-state index in [1.165, 1.54) is 60.7 Å². The molecule has 0 bridgehead atoms. The predicted molar refractivity (Wildman–Crippen MR) is 471 cm³/mol. The zero-order valence-electron chi connectivity index (χ0n) is 57.6. The van der Waals surface area contributed by atoms with Crippen molar-refractivity contribution in [2.45, 2.75) is 60.4 Å². The van der Waals surface area contributed by atoms with Crippen molar-refractivity contribution < 1.29 is 35.1 Å². The van der Waals surface area contributed by atoms with Crippen molar-refractivity contribution >= 4 is 265 Å². The van der Waals surface area contributed by atoms with Crippen LogP contribution in [0.5, 0.6) is 0 Å². The van der Waals surface area contributed by atoms with Gasteiger partial charge in [0.15, 0.2) is 0 Å². The molecule has 0 heterocycles. The van der Waals surface area contributed by atoms with Crippen molar-refractivity contribution in [1.82, 2.24) is 0 Å². The van der Waals surface area contributed by atoms with Gasteiger partial charge in [-0.1, -0.05) is 199 Å². The summed E-state index contributed by atoms with van der Waals surface area (Å²) < 4.78 is 101. The van der Waals surface area contributed by atoms with Gasteiger partial charge in [0, 0.05) is 158 Å². The summed E-state index contributed by atoms with van der Waals surface area (Å²) in [6.45, 7) is 0. The SMILES string of the molecule is Fc1c(Cl)cccc1C[SiH3].Fc1cc(Cl)cc(C[SiH3])c1.Fc1cc(Cl)ccc1C[SiH3].Fc1ccc(C[SiH3])c(Cl)c1.Fc1ccc(C[SiH3])cc1Cl.Fc1ccc(Cl)c(C[SiH3])c1.Fc1ccc(Cl)cc1C[SiH3].Fc1cccc(Cl)c1C[SiH3].[SiH3]Cc1c(Cl)cc(Cl)cc1Cl.[SiH3]Cc1cc(Cl)cc(Cl)c1Cl. The molecule has 0 amide bonds. The molecule has 0 spiro atoms. The molecule has 552 valence electrons. The first-order valence-electron chi connectivity index (χ1n) is 32.0. The van der Waals surface area contributed by atoms with E-state index in [1.807, 2.05) is 6.07 Å². The van der Waals surface area contributed by atoms with Gasteiger partial charge in [-0.2, -0.15) is 0 Å². The maximum absolute atomic E-state index is 12.9. The topological polar surface area (TPSA) is 0 Å². The molecule has 32 heteroatoms. The molecule has 0 nitrogen and oxygen atoms in total. The summed E-state index contributed by atoms with van der Waals surface area (Å²) in [4.78, 5) is 0. The standard InChI is InChI=1S/2C7H7Cl3Si.8C7H8ClFSi/c8-5-1-4(3-11)7(10)6(9)2-5;8-4-1-6(9)5(3-11)7(10)2-4;8-6-1-5(4-10)2-7(9)3-6;8-7-2-1-6(9)3-5(7)4-10;8-6-1-2-7(9)5(3-6)4-10;8-7-3-6(9)2-1-5(7)4-10;8-6-2-1-5(4-10)7(9)3-6;8-6-3-5(4-10)1-2-7(6)9;8-6-2-1-3-7(9)5(6)4-10;8-6-3-1-2-5(4-10)7(6)9/h2*1-2H,3H2,11H3;8*1-3H,4H2,10H3. The average Bonchev–Trinajstić information content (AvgIpc) is 0.864. The van der Waals surface area contributed by atoms with E-state index < -0.39 is 0 Å². The van der Waals surface area contributed by atoms with Crippen LogP contribution in [0.15, 0.2) is 170 Å². The van der Waals surface area contributed by atoms with Crippen LogP contribution >= 0.6 is 162 Å². The van der Waals surface area contributed by atoms with E-state index in [9.17, 15) is 35.1 Å². The molecule has 10 aromatic rings. The molecule has 10 rings (SSSR count). The molecule has 0 radical (unpaired) electrons. The number of rotatable bonds is 10. The molecule has 10 aromatic carbocycles. The molecule has 102 heavy (non-hydrogen) atoms. The number of hydrogen-bond donors (Lipinski definition) is 0. The summed E-state index contributed by atoms with van der Waals surface area (Å²) in [5.41, 5.74) is 9.07. The van der Waals surface area contributed by atoms with Crippen LogP contribution in [0.3, 0.4) is 0 Å². The summed E-state index contributed by atoms with van der Waals surface area (Å²) in [7, 11) is 10.2. The van der Waals surface area contributed by atoms with Gasteiger partial charge in [-0.05, 0) is 244 Å². The van der Waals surface area contributed by atoms with Gasteiger partial charge in [0.25, 0.3) is 0 Å². The molecule has 0 aliphatic rings. The Hall–Kier alpha value is -2.13. The first kappa shape index (κ1) is 97.9. The van der Waals surface area contributed by atoms with Gasteiger partial charge in [-0.15, -0.1) is 0 Å². The van der Waals surface area contributed by atoms with Gasteiger partial charge < -0.3 is 0 Å². The minimum Gasteiger partial charge on any atom is -0.207 e. The molecule has 0 saturated carbocycles. The molecule has 0 saturated heterocycles. The van der Waals surface area contributed by atoms with E-state index in [2.05, 4.69) is 0 Å². The summed E-state index contributed by atoms with van der Waals surface area (Å²) in [5, 5.41) is 7.62. The number of benzene rings is 10. The van der Waals surface area contributed by atoms with Crippen molar-refractivity contribution in [3.05, 3.63) is 342 Å². The molecule has 0 aliphatic heterocycles. The van der Waals surface area contributed by atoms with Crippen molar-refractivity contribution in [3.63, 3.8) is 0 Å². The lowest BCUT2D eigenvalue weighted by atomic mass is 10.2. The molecule has 0 unspecified atom stereocenters. The Morgan fingerprint density at radius 2 is 0.696 bits per heavy atom. The summed E-state index contributed by atoms with van der Waals surface area (Å²) in [6.07, 6.45) is 0. The number of hydrogen-bond acceptors (Lipinski definition) is 0. The van der Waals surface area contributed by atoms with E-state index in [1.54, 1.807) is 103 Å². The zero-order chi connectivity index (χ0) is 77.3. The van der Waals surface area contributed by atoms with Crippen LogP contribution in [0.4, 0.5) is 35.1 Å². The highest BCUT2D eigenvalue weighted by molar-refractivity contribution is 6.44. The Morgan fingerprint density at radius 3 is 1.18 bits per heavy atom. The highest BCUT2D eigenvalue weighted by Crippen LogP contribution is 2.31. The Labute approximate surface area is 695 Å². The second-order valence-corrected chi connectivity index (χ2v) is 34.0. The fraction of sp³-hybridized carbons (Fsp3) is 0.143.